The van der Waals surface area contributed by atoms with E-state index in [1.165, 1.54) is 49.7 Å². The molecule has 127 heavy (non-hydrogen) atoms. The number of hydrogen-bond acceptors (Lipinski definition) is 25. The van der Waals surface area contributed by atoms with Crippen molar-refractivity contribution in [3.05, 3.63) is 212 Å². The number of fused-ring (bicyclic) bond motifs is 8. The number of alkyl halides is 2. The molecule has 0 aliphatic carbocycles. The van der Waals surface area contributed by atoms with Crippen molar-refractivity contribution in [2.24, 2.45) is 0 Å². The third-order valence-electron chi connectivity index (χ3n) is 20.8. The normalized spacial score (nSPS) is 15.0. The molecule has 7 aliphatic heterocycles. The summed E-state index contributed by atoms with van der Waals surface area (Å²) in [5.41, 5.74) is 30.0. The second-order valence-corrected chi connectivity index (χ2v) is 35.1. The number of ether oxygens (including phenoxy) is 5. The predicted octanol–water partition coefficient (Wildman–Crippen LogP) is 16.9. The molecule has 13 N–H and O–H groups in total. The van der Waals surface area contributed by atoms with Gasteiger partial charge in [-0.1, -0.05) is 36.4 Å². The number of halogens is 3. The topological polar surface area (TPSA) is 398 Å². The molecule has 6 amide bonds. The van der Waals surface area contributed by atoms with E-state index in [0.717, 1.165) is 168 Å². The standard InChI is InChI=1S/C18H25N3O3.C16H14N2O2S.C13H17N3O.C13H16N2O3.C10H7NO.C8H8N2O.C6H7NO2S.C5H11Cl2N.C4H8O.ClH/c1-17(2,3)24-16(23)19-12-5-6-14-13(11-12)18(15(22)20-14)7-9-21(4)10-8-18;1-20-16(19)15-14(7-9-21-15)18-10-11-6-8-17-13-5-3-2-4-12(11)13;1-16-6-4-13(5-7-16)10-8-9(14)2-3-11(10)15-12(13)17;1-13(2,3)18-12(17)14-9-4-5-10-8(6-9)7-11(16)15-10;12-7-8-5-6-11-10-4-2-1-3-9(8)10;9-6-1-2-7-5(3-6)4-8(11)10-7;1-9-6(8)5-4(7)2-3-10-5;1-8(4-2-6)5-3-7;1-2-4-5-3-1;/h5-6,11H,7-10H2,1-4H3,(H,19,23)(H,20,22);2-9,18H,10H2,1H3;2-3,8H,4-7,14H2,1H3,(H,15,17);4-6H,7H2,1-3H3,(H,14,17)(H,15,16);1-7H;1-3H,4,9H2,(H,10,11);2-3H,7H2,1H3;2-5H2,1H3;1-4H2;1H. The van der Waals surface area contributed by atoms with Gasteiger partial charge >= 0.3 is 24.1 Å². The van der Waals surface area contributed by atoms with Crippen LogP contribution in [-0.4, -0.2) is 190 Å². The summed E-state index contributed by atoms with van der Waals surface area (Å²) in [6.45, 7) is 19.1. The lowest BCUT2D eigenvalue weighted by atomic mass is 9.73. The number of piperidine rings is 2. The first kappa shape index (κ1) is 101. The summed E-state index contributed by atoms with van der Waals surface area (Å²) < 4.78 is 24.6. The molecule has 10 aromatic rings. The Balaban J connectivity index is 0.000000181. The number of aldehydes is 1. The van der Waals surface area contributed by atoms with E-state index in [4.69, 9.17) is 59.4 Å². The van der Waals surface area contributed by atoms with Gasteiger partial charge in [0.15, 0.2) is 6.29 Å². The van der Waals surface area contributed by atoms with Crippen LogP contribution in [0.4, 0.5) is 66.5 Å². The number of amides is 6. The number of methoxy groups -OCH3 is 2. The molecule has 0 unspecified atom stereocenters. The van der Waals surface area contributed by atoms with E-state index >= 15 is 0 Å². The van der Waals surface area contributed by atoms with Gasteiger partial charge in [0.1, 0.15) is 21.0 Å². The highest BCUT2D eigenvalue weighted by atomic mass is 35.5. The third kappa shape index (κ3) is 29.3. The summed E-state index contributed by atoms with van der Waals surface area (Å²) in [4.78, 5) is 120. The summed E-state index contributed by atoms with van der Waals surface area (Å²) in [5, 5.41) is 25.8. The summed E-state index contributed by atoms with van der Waals surface area (Å²) in [5.74, 6) is 0.927. The highest BCUT2D eigenvalue weighted by Gasteiger charge is 2.49. The minimum atomic E-state index is -0.548. The molecule has 0 bridgehead atoms. The molecule has 0 saturated carbocycles. The number of aromatic nitrogens is 2. The van der Waals surface area contributed by atoms with Crippen molar-refractivity contribution < 1.29 is 66.8 Å². The van der Waals surface area contributed by atoms with E-state index in [1.807, 2.05) is 136 Å². The van der Waals surface area contributed by atoms with Crippen LogP contribution in [0.5, 0.6) is 0 Å². The average molecular weight is 1840 g/mol. The Kier molecular flexibility index (Phi) is 38.0. The number of carbonyl (C=O) groups is 9. The smallest absolute Gasteiger partial charge is 0.412 e. The van der Waals surface area contributed by atoms with E-state index in [1.54, 1.807) is 81.0 Å². The van der Waals surface area contributed by atoms with Gasteiger partial charge in [-0.3, -0.25) is 44.6 Å². The summed E-state index contributed by atoms with van der Waals surface area (Å²) in [6, 6.07) is 44.8. The van der Waals surface area contributed by atoms with Crippen LogP contribution in [0.25, 0.3) is 21.8 Å². The lowest BCUT2D eigenvalue weighted by Crippen LogP contribution is -2.45. The van der Waals surface area contributed by atoms with Crippen molar-refractivity contribution in [2.45, 2.75) is 121 Å². The third-order valence-corrected chi connectivity index (χ3v) is 22.9. The average Bonchev–Trinajstić information content (AvgIpc) is 1.60. The summed E-state index contributed by atoms with van der Waals surface area (Å²) in [7, 11) is 8.90. The van der Waals surface area contributed by atoms with Gasteiger partial charge in [0.05, 0.1) is 60.3 Å². The Labute approximate surface area is 765 Å². The molecular weight excluding hydrogens is 1720 g/mol. The number of esters is 2. The SMILES string of the molecule is C1CCOC1.CC(C)(C)OC(=O)Nc1ccc2c(c1)CC(=O)N2.CN(CCCl)CCCl.CN1CCC2(CC1)C(=O)Nc1ccc(N)cc12.CN1CCC2(CC1)C(=O)Nc1ccc(NC(=O)OC(C)(C)C)cc12.COC(=O)c1sccc1N.COC(=O)c1sccc1NCc1ccnc2ccccc12.Cl.Nc1ccc2c(c1)CC(=O)N2.O=Cc1ccnc2ccccc12. The molecule has 11 heterocycles. The zero-order valence-corrected chi connectivity index (χ0v) is 77.3. The Morgan fingerprint density at radius 2 is 1.02 bits per heavy atom. The molecule has 34 heteroatoms. The Morgan fingerprint density at radius 1 is 0.567 bits per heavy atom. The van der Waals surface area contributed by atoms with Crippen molar-refractivity contribution in [1.82, 2.24) is 24.7 Å². The van der Waals surface area contributed by atoms with Crippen molar-refractivity contribution >= 4 is 191 Å². The number of carbonyl (C=O) groups excluding carboxylic acids is 9. The molecule has 7 aliphatic rings. The van der Waals surface area contributed by atoms with Crippen LogP contribution in [-0.2, 0) is 73.1 Å². The van der Waals surface area contributed by atoms with Gasteiger partial charge in [-0.15, -0.1) is 58.3 Å². The molecule has 0 atom stereocenters. The maximum atomic E-state index is 12.6. The number of rotatable bonds is 12. The van der Waals surface area contributed by atoms with Crippen LogP contribution in [0.1, 0.15) is 138 Å². The number of likely N-dealkylation sites (tertiary alicyclic amines) is 2. The zero-order valence-electron chi connectivity index (χ0n) is 73.3. The Morgan fingerprint density at radius 3 is 1.51 bits per heavy atom. The van der Waals surface area contributed by atoms with E-state index in [-0.39, 0.29) is 53.4 Å². The number of para-hydroxylation sites is 2. The highest BCUT2D eigenvalue weighted by molar-refractivity contribution is 7.13. The lowest BCUT2D eigenvalue weighted by molar-refractivity contribution is -0.123. The fourth-order valence-electron chi connectivity index (χ4n) is 14.2. The van der Waals surface area contributed by atoms with Crippen LogP contribution < -0.4 is 54.4 Å². The predicted molar refractivity (Wildman–Crippen MR) is 511 cm³/mol. The Bertz CT molecular complexity index is 5410. The van der Waals surface area contributed by atoms with Gasteiger partial charge in [0.25, 0.3) is 0 Å². The Hall–Kier alpha value is -11.5. The maximum Gasteiger partial charge on any atom is 0.412 e. The van der Waals surface area contributed by atoms with Gasteiger partial charge in [-0.2, -0.15) is 0 Å². The molecule has 678 valence electrons. The zero-order chi connectivity index (χ0) is 91.3. The van der Waals surface area contributed by atoms with Crippen LogP contribution >= 0.6 is 58.3 Å². The van der Waals surface area contributed by atoms with Crippen molar-refractivity contribution in [3.63, 3.8) is 0 Å². The number of pyridine rings is 2. The molecule has 3 saturated heterocycles. The molecule has 17 rings (SSSR count). The van der Waals surface area contributed by atoms with Gasteiger partial charge in [-0.25, -0.2) is 19.2 Å². The first-order valence-corrected chi connectivity index (χ1v) is 44.0. The van der Waals surface area contributed by atoms with Gasteiger partial charge in [0, 0.05) is 119 Å². The number of thiophene rings is 2. The van der Waals surface area contributed by atoms with Crippen molar-refractivity contribution in [1.29, 1.82) is 0 Å². The molecule has 0 radical (unpaired) electrons. The quantitative estimate of drug-likeness (QED) is 0.0178. The molecule has 29 nitrogen and oxygen atoms in total. The number of nitrogen functional groups attached to an aromatic ring is 3. The molecular formula is C93H114Cl3N15O14S2. The summed E-state index contributed by atoms with van der Waals surface area (Å²) in [6.07, 6.45) is 10.0. The number of nitrogens with two attached hydrogens (primary N) is 3. The molecule has 4 aromatic heterocycles. The van der Waals surface area contributed by atoms with Gasteiger partial charge in [-0.05, 0) is 275 Å². The highest BCUT2D eigenvalue weighted by Crippen LogP contribution is 2.47. The maximum absolute atomic E-state index is 12.6. The first-order valence-electron chi connectivity index (χ1n) is 41.1. The van der Waals surface area contributed by atoms with Gasteiger partial charge < -0.3 is 82.2 Å². The monoisotopic (exact) mass is 1830 g/mol. The van der Waals surface area contributed by atoms with Crippen LogP contribution in [0.3, 0.4) is 0 Å². The number of hydrogen-bond donors (Lipinski definition) is 10. The number of nitrogens with one attached hydrogen (secondary N) is 7. The fourth-order valence-corrected chi connectivity index (χ4v) is 16.3. The number of anilines is 10. The lowest BCUT2D eigenvalue weighted by Gasteiger charge is -2.36. The largest absolute Gasteiger partial charge is 0.465 e. The first-order chi connectivity index (χ1) is 60.2. The van der Waals surface area contributed by atoms with Crippen LogP contribution in [0.15, 0.2) is 169 Å². The number of nitrogens with zero attached hydrogens (tertiary/aromatic N) is 5. The van der Waals surface area contributed by atoms with Crippen LogP contribution in [0, 0.1) is 0 Å². The van der Waals surface area contributed by atoms with Gasteiger partial charge in [0.2, 0.25) is 23.6 Å². The minimum absolute atomic E-state index is 0. The molecule has 6 aromatic carbocycles. The number of benzene rings is 6. The van der Waals surface area contributed by atoms with E-state index in [9.17, 15) is 43.2 Å². The van der Waals surface area contributed by atoms with Crippen molar-refractivity contribution in [3.8, 4) is 0 Å². The summed E-state index contributed by atoms with van der Waals surface area (Å²) >= 11 is 13.5. The fraction of sp³-hybridized carbons (Fsp3) is 0.366. The van der Waals surface area contributed by atoms with Crippen LogP contribution in [0.2, 0.25) is 0 Å². The van der Waals surface area contributed by atoms with Crippen molar-refractivity contribution in [2.75, 3.05) is 154 Å². The van der Waals surface area contributed by atoms with E-state index in [0.29, 0.717) is 69.2 Å². The molecule has 2 spiro atoms. The molecule has 3 fully saturated rings. The van der Waals surface area contributed by atoms with E-state index in [2.05, 4.69) is 80.7 Å². The van der Waals surface area contributed by atoms with E-state index < -0.39 is 28.8 Å². The second-order valence-electron chi connectivity index (χ2n) is 32.5. The second kappa shape index (κ2) is 47.9. The minimum Gasteiger partial charge on any atom is -0.465 e.